The van der Waals surface area contributed by atoms with E-state index >= 15 is 9.18 Å². The third-order valence-corrected chi connectivity index (χ3v) is 16.1. The monoisotopic (exact) mass is 916 g/mol. The van der Waals surface area contributed by atoms with E-state index in [9.17, 15) is 18.0 Å². The van der Waals surface area contributed by atoms with Crippen molar-refractivity contribution in [1.29, 1.82) is 0 Å². The molecule has 66 heavy (non-hydrogen) atoms. The van der Waals surface area contributed by atoms with Crippen molar-refractivity contribution in [2.45, 2.75) is 96.1 Å². The van der Waals surface area contributed by atoms with Crippen LogP contribution in [0.25, 0.3) is 28.1 Å². The van der Waals surface area contributed by atoms with Crippen LogP contribution in [0.2, 0.25) is 0 Å². The molecule has 1 saturated carbocycles. The van der Waals surface area contributed by atoms with E-state index in [2.05, 4.69) is 54.2 Å². The fourth-order valence-corrected chi connectivity index (χ4v) is 12.2. The second kappa shape index (κ2) is 14.4. The van der Waals surface area contributed by atoms with Crippen molar-refractivity contribution >= 4 is 32.5 Å². The molecule has 1 unspecified atom stereocenters. The van der Waals surface area contributed by atoms with Crippen LogP contribution in [0.3, 0.4) is 0 Å². The number of aromatic amines is 1. The van der Waals surface area contributed by atoms with E-state index in [1.54, 1.807) is 53.8 Å². The number of rotatable bonds is 7. The van der Waals surface area contributed by atoms with Gasteiger partial charge in [0.15, 0.2) is 11.6 Å². The molecule has 11 rings (SSSR count). The van der Waals surface area contributed by atoms with Crippen LogP contribution in [-0.4, -0.2) is 83.9 Å². The highest BCUT2D eigenvalue weighted by atomic mass is 32.2. The highest BCUT2D eigenvalue weighted by molar-refractivity contribution is 7.92. The van der Waals surface area contributed by atoms with Crippen LogP contribution in [0.4, 0.5) is 10.1 Å². The molecular weight excluding hydrogens is 868 g/mol. The first-order valence-electron chi connectivity index (χ1n) is 22.2. The molecule has 0 radical (unpaired) electrons. The SMILES string of the molecule is Cc1cc(-n2nc3c(c2-n2cnn(-c4ccc5c(c4)N(C)S(=O)(=O)C5)c2=O)[C@H](C)N(C(=O)c2cc4cc(C5CCOC(C)(C)C5)ccc4n2[C@@]2(c4noc(=O)[nH]4)C[C@@H]2C)CC3)cc(C)c1F. The maximum atomic E-state index is 15.5. The number of hydrogen-bond donors (Lipinski definition) is 1. The summed E-state index contributed by atoms with van der Waals surface area (Å²) in [5.74, 6) is -0.519. The standard InChI is InChI=1S/C47H49FN10O7S/c1-25-16-34(17-26(2)40(25)48)57-41(55-24-49-58(45(55)61)33-10-8-31-23-66(62,63)53(7)37(31)20-33)39-28(4)54(14-12-35(39)51-57)42(59)38-19-32-18-29(30-13-15-64-46(5,6)22-30)9-11-36(32)56(38)47(21-27(47)3)43-50-44(60)65-52-43/h8-11,16-20,24,27-28,30H,12-15,21-23H2,1-7H3,(H,50,52,60)/t27-,28-,30?,47-/m0/s1. The Labute approximate surface area is 378 Å². The van der Waals surface area contributed by atoms with Gasteiger partial charge in [0.05, 0.1) is 40.2 Å². The number of benzene rings is 3. The minimum absolute atomic E-state index is 0.00639. The molecule has 2 fully saturated rings. The second-order valence-electron chi connectivity index (χ2n) is 19.1. The van der Waals surface area contributed by atoms with Crippen molar-refractivity contribution in [1.82, 2.24) is 43.7 Å². The fraction of sp³-hybridized carbons (Fsp3) is 0.404. The lowest BCUT2D eigenvalue weighted by atomic mass is 9.83. The summed E-state index contributed by atoms with van der Waals surface area (Å²) < 4.78 is 59.0. The van der Waals surface area contributed by atoms with E-state index in [4.69, 9.17) is 14.4 Å². The summed E-state index contributed by atoms with van der Waals surface area (Å²) in [7, 11) is -2.06. The van der Waals surface area contributed by atoms with Crippen molar-refractivity contribution in [2.24, 2.45) is 5.92 Å². The van der Waals surface area contributed by atoms with Crippen LogP contribution < -0.4 is 15.8 Å². The average Bonchev–Trinajstić information content (AvgIpc) is 3.84. The molecule has 4 aromatic heterocycles. The second-order valence-corrected chi connectivity index (χ2v) is 21.1. The number of aryl methyl sites for hydroxylation is 2. The van der Waals surface area contributed by atoms with Gasteiger partial charge in [-0.25, -0.2) is 31.6 Å². The quantitative estimate of drug-likeness (QED) is 0.196. The number of fused-ring (bicyclic) bond motifs is 3. The largest absolute Gasteiger partial charge is 0.438 e. The molecule has 1 aliphatic carbocycles. The first-order chi connectivity index (χ1) is 31.4. The maximum absolute atomic E-state index is 15.5. The summed E-state index contributed by atoms with van der Waals surface area (Å²) in [6.45, 7) is 12.5. The van der Waals surface area contributed by atoms with Gasteiger partial charge in [-0.15, -0.1) is 0 Å². The van der Waals surface area contributed by atoms with Crippen LogP contribution in [-0.2, 0) is 32.5 Å². The summed E-state index contributed by atoms with van der Waals surface area (Å²) >= 11 is 0. The molecular formula is C47H49FN10O7S. The molecule has 17 nitrogen and oxygen atoms in total. The average molecular weight is 917 g/mol. The van der Waals surface area contributed by atoms with Gasteiger partial charge in [0.2, 0.25) is 10.0 Å². The Balaban J connectivity index is 1.05. The summed E-state index contributed by atoms with van der Waals surface area (Å²) in [4.78, 5) is 47.2. The van der Waals surface area contributed by atoms with Crippen LogP contribution in [0.1, 0.15) is 109 Å². The Hall–Kier alpha value is -6.60. The number of amides is 1. The number of anilines is 1. The van der Waals surface area contributed by atoms with Crippen LogP contribution in [0.5, 0.6) is 0 Å². The normalized spacial score (nSPS) is 23.1. The molecule has 7 heterocycles. The zero-order chi connectivity index (χ0) is 46.4. The van der Waals surface area contributed by atoms with Gasteiger partial charge >= 0.3 is 11.4 Å². The lowest BCUT2D eigenvalue weighted by molar-refractivity contribution is -0.0592. The Morgan fingerprint density at radius 3 is 2.42 bits per heavy atom. The van der Waals surface area contributed by atoms with Crippen LogP contribution in [0, 0.1) is 25.6 Å². The summed E-state index contributed by atoms with van der Waals surface area (Å²) in [6.07, 6.45) is 4.05. The Morgan fingerprint density at radius 2 is 1.73 bits per heavy atom. The molecule has 1 saturated heterocycles. The molecule has 0 spiro atoms. The molecule has 4 atom stereocenters. The number of carbonyl (C=O) groups is 1. The summed E-state index contributed by atoms with van der Waals surface area (Å²) in [5, 5.41) is 14.6. The van der Waals surface area contributed by atoms with Gasteiger partial charge < -0.3 is 14.2 Å². The van der Waals surface area contributed by atoms with Gasteiger partial charge in [-0.05, 0) is 130 Å². The number of nitrogens with one attached hydrogen (secondary N) is 1. The third kappa shape index (κ3) is 6.29. The Bertz CT molecular complexity index is 3410. The minimum Gasteiger partial charge on any atom is -0.376 e. The number of aromatic nitrogens is 8. The number of carbonyl (C=O) groups excluding carboxylic acids is 1. The molecule has 342 valence electrons. The third-order valence-electron chi connectivity index (χ3n) is 14.4. The lowest BCUT2D eigenvalue weighted by Crippen LogP contribution is -2.41. The molecule has 4 aliphatic rings. The van der Waals surface area contributed by atoms with E-state index in [1.807, 2.05) is 17.6 Å². The van der Waals surface area contributed by atoms with Crippen molar-refractivity contribution in [2.75, 3.05) is 24.5 Å². The van der Waals surface area contributed by atoms with E-state index in [-0.39, 0.29) is 41.5 Å². The van der Waals surface area contributed by atoms with Crippen molar-refractivity contribution < 1.29 is 26.9 Å². The van der Waals surface area contributed by atoms with E-state index in [0.717, 1.165) is 29.3 Å². The van der Waals surface area contributed by atoms with Gasteiger partial charge in [-0.2, -0.15) is 14.9 Å². The molecule has 7 aromatic rings. The smallest absolute Gasteiger partial charge is 0.376 e. The van der Waals surface area contributed by atoms with Gasteiger partial charge in [-0.1, -0.05) is 24.2 Å². The van der Waals surface area contributed by atoms with Crippen molar-refractivity contribution in [3.63, 3.8) is 0 Å². The predicted molar refractivity (Wildman–Crippen MR) is 242 cm³/mol. The topological polar surface area (TPSA) is 188 Å². The highest BCUT2D eigenvalue weighted by Gasteiger charge is 2.59. The molecule has 3 aromatic carbocycles. The molecule has 1 amide bonds. The number of nitrogens with zero attached hydrogens (tertiary/aromatic N) is 9. The molecule has 1 N–H and O–H groups in total. The number of hydrogen-bond acceptors (Lipinski definition) is 10. The number of H-pyrrole nitrogens is 1. The van der Waals surface area contributed by atoms with Crippen LogP contribution >= 0.6 is 0 Å². The lowest BCUT2D eigenvalue weighted by Gasteiger charge is -2.35. The van der Waals surface area contributed by atoms with Crippen molar-refractivity contribution in [3.05, 3.63) is 133 Å². The predicted octanol–water partition coefficient (Wildman–Crippen LogP) is 6.09. The van der Waals surface area contributed by atoms with E-state index in [0.29, 0.717) is 81.8 Å². The molecule has 0 bridgehead atoms. The first kappa shape index (κ1) is 42.1. The van der Waals surface area contributed by atoms with Crippen LogP contribution in [0.15, 0.2) is 75.0 Å². The minimum atomic E-state index is -3.54. The van der Waals surface area contributed by atoms with Gasteiger partial charge in [0.25, 0.3) is 5.91 Å². The molecule has 19 heteroatoms. The fourth-order valence-electron chi connectivity index (χ4n) is 10.9. The Kier molecular flexibility index (Phi) is 9.21. The number of halogens is 1. The first-order valence-corrected chi connectivity index (χ1v) is 23.8. The molecule has 3 aliphatic heterocycles. The Morgan fingerprint density at radius 1 is 0.970 bits per heavy atom. The van der Waals surface area contributed by atoms with E-state index < -0.39 is 33.0 Å². The van der Waals surface area contributed by atoms with Gasteiger partial charge in [-0.3, -0.25) is 18.6 Å². The summed E-state index contributed by atoms with van der Waals surface area (Å²) in [6, 6.07) is 15.9. The van der Waals surface area contributed by atoms with Crippen molar-refractivity contribution in [3.8, 4) is 17.2 Å². The number of sulfonamides is 1. The van der Waals surface area contributed by atoms with Gasteiger partial charge in [0.1, 0.15) is 23.4 Å². The number of ether oxygens (including phenoxy) is 1. The zero-order valence-electron chi connectivity index (χ0n) is 37.6. The zero-order valence-corrected chi connectivity index (χ0v) is 38.4. The highest BCUT2D eigenvalue weighted by Crippen LogP contribution is 2.56. The maximum Gasteiger partial charge on any atom is 0.438 e. The van der Waals surface area contributed by atoms with Gasteiger partial charge in [0, 0.05) is 43.1 Å². The van der Waals surface area contributed by atoms with E-state index in [1.165, 1.54) is 26.9 Å². The summed E-state index contributed by atoms with van der Waals surface area (Å²) in [5.41, 5.74) is 4.66.